The Balaban J connectivity index is 0.790. The number of hydrogen-bond acceptors (Lipinski definition) is 2. The van der Waals surface area contributed by atoms with Crippen LogP contribution in [-0.2, 0) is 5.41 Å². The van der Waals surface area contributed by atoms with E-state index in [1.54, 1.807) is 0 Å². The molecule has 0 saturated heterocycles. The largest absolute Gasteiger partial charge is 0.454 e. The Morgan fingerprint density at radius 1 is 0.288 bits per heavy atom. The molecule has 1 aromatic heterocycles. The molecule has 1 heterocycles. The van der Waals surface area contributed by atoms with Crippen molar-refractivity contribution in [3.05, 3.63) is 295 Å². The highest BCUT2D eigenvalue weighted by Crippen LogP contribution is 2.65. The van der Waals surface area contributed by atoms with Crippen molar-refractivity contribution in [3.8, 4) is 66.8 Å². The predicted octanol–water partition coefficient (Wildman–Crippen LogP) is 19.2. The maximum atomic E-state index is 6.84. The zero-order valence-electron chi connectivity index (χ0n) is 39.8. The Hall–Kier alpha value is -9.50. The fraction of sp³-hybridized carbons (Fsp3) is 0.0141. The molecule has 0 amide bonds. The van der Waals surface area contributed by atoms with Gasteiger partial charge in [0.2, 0.25) is 0 Å². The lowest BCUT2D eigenvalue weighted by atomic mass is 9.70. The van der Waals surface area contributed by atoms with E-state index in [1.165, 1.54) is 94.2 Å². The number of benzene rings is 12. The van der Waals surface area contributed by atoms with Crippen LogP contribution in [0.3, 0.4) is 0 Å². The number of para-hydroxylation sites is 2. The third-order valence-electron chi connectivity index (χ3n) is 15.7. The lowest BCUT2D eigenvalue weighted by molar-refractivity contribution is 0.669. The molecule has 0 N–H and O–H groups in total. The molecule has 0 bridgehead atoms. The van der Waals surface area contributed by atoms with E-state index in [9.17, 15) is 0 Å². The summed E-state index contributed by atoms with van der Waals surface area (Å²) < 4.78 is 6.84. The van der Waals surface area contributed by atoms with Crippen molar-refractivity contribution < 1.29 is 4.42 Å². The molecule has 0 atom stereocenters. The van der Waals surface area contributed by atoms with Crippen molar-refractivity contribution in [1.29, 1.82) is 0 Å². The molecule has 2 aliphatic rings. The van der Waals surface area contributed by atoms with Gasteiger partial charge >= 0.3 is 0 Å². The molecule has 12 aromatic carbocycles. The minimum Gasteiger partial charge on any atom is -0.454 e. The molecule has 0 saturated carbocycles. The number of anilines is 3. The van der Waals surface area contributed by atoms with E-state index in [0.717, 1.165) is 44.6 Å². The van der Waals surface area contributed by atoms with E-state index < -0.39 is 5.41 Å². The molecule has 2 nitrogen and oxygen atoms in total. The molecule has 1 spiro atoms. The maximum Gasteiger partial charge on any atom is 0.159 e. The van der Waals surface area contributed by atoms with E-state index in [0.29, 0.717) is 0 Å². The van der Waals surface area contributed by atoms with Crippen molar-refractivity contribution in [3.63, 3.8) is 0 Å². The Kier molecular flexibility index (Phi) is 9.21. The number of nitrogens with zero attached hydrogens (tertiary/aromatic N) is 1. The number of fused-ring (bicyclic) bond motifs is 14. The molecular weight excluding hydrogens is 883 g/mol. The summed E-state index contributed by atoms with van der Waals surface area (Å²) in [5.74, 6) is 0. The van der Waals surface area contributed by atoms with Gasteiger partial charge in [0.1, 0.15) is 5.58 Å². The van der Waals surface area contributed by atoms with E-state index in [4.69, 9.17) is 4.42 Å². The van der Waals surface area contributed by atoms with E-state index >= 15 is 0 Å². The molecule has 0 aliphatic heterocycles. The first-order chi connectivity index (χ1) is 36.2. The van der Waals surface area contributed by atoms with Crippen molar-refractivity contribution in [2.75, 3.05) is 4.90 Å². The van der Waals surface area contributed by atoms with Crippen LogP contribution in [-0.4, -0.2) is 0 Å². The second-order valence-electron chi connectivity index (χ2n) is 19.5. The monoisotopic (exact) mass is 927 g/mol. The zero-order valence-corrected chi connectivity index (χ0v) is 39.8. The molecule has 15 rings (SSSR count). The van der Waals surface area contributed by atoms with Crippen LogP contribution in [0.25, 0.3) is 99.5 Å². The molecule has 2 heteroatoms. The van der Waals surface area contributed by atoms with Crippen molar-refractivity contribution >= 4 is 49.8 Å². The van der Waals surface area contributed by atoms with Crippen molar-refractivity contribution in [2.24, 2.45) is 0 Å². The molecule has 0 unspecified atom stereocenters. The second kappa shape index (κ2) is 16.3. The van der Waals surface area contributed by atoms with Gasteiger partial charge in [0.15, 0.2) is 5.58 Å². The van der Waals surface area contributed by atoms with E-state index in [-0.39, 0.29) is 0 Å². The smallest absolute Gasteiger partial charge is 0.159 e. The Bertz CT molecular complexity index is 4250. The number of rotatable bonds is 7. The van der Waals surface area contributed by atoms with Gasteiger partial charge in [-0.05, 0) is 131 Å². The van der Waals surface area contributed by atoms with E-state index in [2.05, 4.69) is 278 Å². The van der Waals surface area contributed by atoms with E-state index in [1.807, 2.05) is 0 Å². The maximum absolute atomic E-state index is 6.84. The summed E-state index contributed by atoms with van der Waals surface area (Å²) in [4.78, 5) is 2.43. The standard InChI is InChI=1S/C71H45NO/c1-2-14-54-45-55(40-39-46(54)13-1)53-37-35-50(36-38-53)49-29-27-47(28-30-49)48-31-33-51(34-32-48)52-41-43-56(44-42-52)72(67-25-11-19-60-59-17-6-10-26-68(59)73-70(60)67)66-24-12-23-65-69(66)61-18-5-9-22-64(61)71(65)62-20-7-3-15-57(62)58-16-4-8-21-63(58)71/h1-45H. The van der Waals surface area contributed by atoms with Gasteiger partial charge in [-0.25, -0.2) is 0 Å². The molecule has 340 valence electrons. The summed E-state index contributed by atoms with van der Waals surface area (Å²) in [5, 5.41) is 4.73. The summed E-state index contributed by atoms with van der Waals surface area (Å²) in [6, 6.07) is 100. The Morgan fingerprint density at radius 3 is 1.33 bits per heavy atom. The highest BCUT2D eigenvalue weighted by molar-refractivity contribution is 6.11. The molecule has 2 aliphatic carbocycles. The first-order valence-electron chi connectivity index (χ1n) is 25.2. The van der Waals surface area contributed by atoms with Crippen LogP contribution in [0, 0.1) is 0 Å². The first-order valence-corrected chi connectivity index (χ1v) is 25.2. The Morgan fingerprint density at radius 2 is 0.712 bits per heavy atom. The fourth-order valence-electron chi connectivity index (χ4n) is 12.4. The summed E-state index contributed by atoms with van der Waals surface area (Å²) in [7, 11) is 0. The van der Waals surface area contributed by atoms with Gasteiger partial charge in [0, 0.05) is 22.0 Å². The van der Waals surface area contributed by atoms with Gasteiger partial charge in [0.05, 0.1) is 16.8 Å². The van der Waals surface area contributed by atoms with Gasteiger partial charge in [-0.3, -0.25) is 0 Å². The average molecular weight is 928 g/mol. The topological polar surface area (TPSA) is 16.4 Å². The summed E-state index contributed by atoms with van der Waals surface area (Å²) in [6.07, 6.45) is 0. The summed E-state index contributed by atoms with van der Waals surface area (Å²) in [5.41, 5.74) is 24.3. The lowest BCUT2D eigenvalue weighted by Gasteiger charge is -2.31. The van der Waals surface area contributed by atoms with Gasteiger partial charge in [0.25, 0.3) is 0 Å². The lowest BCUT2D eigenvalue weighted by Crippen LogP contribution is -2.26. The minimum absolute atomic E-state index is 0.462. The van der Waals surface area contributed by atoms with Crippen LogP contribution in [0.5, 0.6) is 0 Å². The third-order valence-corrected chi connectivity index (χ3v) is 15.7. The van der Waals surface area contributed by atoms with Crippen LogP contribution in [0.2, 0.25) is 0 Å². The van der Waals surface area contributed by atoms with Crippen LogP contribution in [0.1, 0.15) is 22.3 Å². The first kappa shape index (κ1) is 41.3. The number of furan rings is 1. The van der Waals surface area contributed by atoms with Crippen LogP contribution in [0.4, 0.5) is 17.1 Å². The molecule has 0 radical (unpaired) electrons. The molecular formula is C71H45NO. The normalized spacial score (nSPS) is 12.8. The quantitative estimate of drug-likeness (QED) is 0.158. The number of hydrogen-bond donors (Lipinski definition) is 0. The zero-order chi connectivity index (χ0) is 48.0. The SMILES string of the molecule is c1ccc2c(c1)-c1ccccc1C21c2ccccc2-c2c(N(c3ccc(-c4ccc(-c5ccc(-c6ccc(-c7ccc8ccccc8c7)cc6)cc5)cc4)cc3)c3cccc4c3oc3ccccc34)cccc21. The predicted molar refractivity (Wildman–Crippen MR) is 304 cm³/mol. The average Bonchev–Trinajstić information content (AvgIpc) is 4.11. The highest BCUT2D eigenvalue weighted by Gasteiger charge is 2.52. The van der Waals surface area contributed by atoms with Crippen molar-refractivity contribution in [1.82, 2.24) is 0 Å². The minimum atomic E-state index is -0.462. The van der Waals surface area contributed by atoms with Gasteiger partial charge in [-0.1, -0.05) is 237 Å². The summed E-state index contributed by atoms with van der Waals surface area (Å²) in [6.45, 7) is 0. The molecule has 13 aromatic rings. The van der Waals surface area contributed by atoms with Gasteiger partial charge in [-0.15, -0.1) is 0 Å². The van der Waals surface area contributed by atoms with Crippen LogP contribution in [0.15, 0.2) is 277 Å². The molecule has 73 heavy (non-hydrogen) atoms. The van der Waals surface area contributed by atoms with Gasteiger partial charge in [-0.2, -0.15) is 0 Å². The van der Waals surface area contributed by atoms with Gasteiger partial charge < -0.3 is 9.32 Å². The summed E-state index contributed by atoms with van der Waals surface area (Å²) >= 11 is 0. The second-order valence-corrected chi connectivity index (χ2v) is 19.5. The third kappa shape index (κ3) is 6.30. The van der Waals surface area contributed by atoms with Crippen molar-refractivity contribution in [2.45, 2.75) is 5.41 Å². The fourth-order valence-corrected chi connectivity index (χ4v) is 12.4. The van der Waals surface area contributed by atoms with Crippen LogP contribution < -0.4 is 4.90 Å². The highest BCUT2D eigenvalue weighted by atomic mass is 16.3. The molecule has 0 fully saturated rings. The van der Waals surface area contributed by atoms with Crippen LogP contribution >= 0.6 is 0 Å². The Labute approximate surface area is 424 Å².